The van der Waals surface area contributed by atoms with E-state index in [2.05, 4.69) is 28.4 Å². The summed E-state index contributed by atoms with van der Waals surface area (Å²) in [5.41, 5.74) is 2.85. The van der Waals surface area contributed by atoms with Crippen molar-refractivity contribution >= 4 is 11.8 Å². The van der Waals surface area contributed by atoms with Gasteiger partial charge in [0.1, 0.15) is 0 Å². The number of methoxy groups -OCH3 is 1. The van der Waals surface area contributed by atoms with Crippen LogP contribution < -0.4 is 14.8 Å². The molecule has 8 heteroatoms. The molecule has 1 N–H and O–H groups in total. The number of amides is 2. The van der Waals surface area contributed by atoms with Crippen LogP contribution in [0.3, 0.4) is 0 Å². The molecule has 35 heavy (non-hydrogen) atoms. The van der Waals surface area contributed by atoms with Gasteiger partial charge in [-0.1, -0.05) is 30.7 Å². The summed E-state index contributed by atoms with van der Waals surface area (Å²) in [4.78, 5) is 29.4. The van der Waals surface area contributed by atoms with E-state index >= 15 is 0 Å². The molecule has 2 fully saturated rings. The molecule has 0 atom stereocenters. The van der Waals surface area contributed by atoms with E-state index in [1.54, 1.807) is 23.1 Å². The van der Waals surface area contributed by atoms with Gasteiger partial charge in [0.05, 0.1) is 20.3 Å². The van der Waals surface area contributed by atoms with E-state index in [4.69, 9.17) is 14.2 Å². The van der Waals surface area contributed by atoms with Crippen LogP contribution >= 0.6 is 0 Å². The number of nitrogens with zero attached hydrogens (tertiary/aromatic N) is 2. The van der Waals surface area contributed by atoms with Gasteiger partial charge in [-0.15, -0.1) is 0 Å². The minimum Gasteiger partial charge on any atom is -0.493 e. The van der Waals surface area contributed by atoms with Gasteiger partial charge in [0.25, 0.3) is 11.8 Å². The topological polar surface area (TPSA) is 80.3 Å². The largest absolute Gasteiger partial charge is 0.493 e. The SMILES string of the molecule is COc1cc(C(=O)NCc2ccccc2CN2CCCCC2)ccc1OCC(=O)N1CCOCC1. The van der Waals surface area contributed by atoms with Gasteiger partial charge in [0.15, 0.2) is 18.1 Å². The monoisotopic (exact) mass is 481 g/mol. The van der Waals surface area contributed by atoms with Crippen LogP contribution in [0.4, 0.5) is 0 Å². The lowest BCUT2D eigenvalue weighted by Crippen LogP contribution is -2.43. The van der Waals surface area contributed by atoms with Gasteiger partial charge in [0.2, 0.25) is 0 Å². The Bertz CT molecular complexity index is 1000. The summed E-state index contributed by atoms with van der Waals surface area (Å²) in [6.45, 7) is 5.77. The predicted octanol–water partition coefficient (Wildman–Crippen LogP) is 2.85. The molecule has 0 aromatic heterocycles. The number of benzene rings is 2. The second kappa shape index (κ2) is 12.6. The van der Waals surface area contributed by atoms with Crippen molar-refractivity contribution in [3.63, 3.8) is 0 Å². The molecule has 188 valence electrons. The number of nitrogens with one attached hydrogen (secondary N) is 1. The van der Waals surface area contributed by atoms with Gasteiger partial charge >= 0.3 is 0 Å². The third-order valence-electron chi connectivity index (χ3n) is 6.54. The Hall–Kier alpha value is -3.10. The fourth-order valence-electron chi connectivity index (χ4n) is 4.49. The lowest BCUT2D eigenvalue weighted by Gasteiger charge is -2.27. The molecule has 0 saturated carbocycles. The van der Waals surface area contributed by atoms with E-state index in [1.165, 1.54) is 31.9 Å². The Labute approximate surface area is 207 Å². The van der Waals surface area contributed by atoms with Crippen LogP contribution in [0.1, 0.15) is 40.7 Å². The maximum Gasteiger partial charge on any atom is 0.260 e. The molecule has 2 amide bonds. The van der Waals surface area contributed by atoms with Crippen LogP contribution in [0.5, 0.6) is 11.5 Å². The maximum absolute atomic E-state index is 12.9. The minimum absolute atomic E-state index is 0.0876. The van der Waals surface area contributed by atoms with Crippen molar-refractivity contribution in [1.82, 2.24) is 15.1 Å². The summed E-state index contributed by atoms with van der Waals surface area (Å²) in [7, 11) is 1.52. The first-order valence-corrected chi connectivity index (χ1v) is 12.4. The lowest BCUT2D eigenvalue weighted by molar-refractivity contribution is -0.137. The Morgan fingerprint density at radius 3 is 2.43 bits per heavy atom. The van der Waals surface area contributed by atoms with Gasteiger partial charge in [-0.2, -0.15) is 0 Å². The number of carbonyl (C=O) groups is 2. The van der Waals surface area contributed by atoms with Gasteiger partial charge in [0, 0.05) is 31.7 Å². The number of ether oxygens (including phenoxy) is 3. The number of rotatable bonds is 9. The van der Waals surface area contributed by atoms with E-state index in [1.807, 2.05) is 6.07 Å². The molecular formula is C27H35N3O5. The molecule has 0 bridgehead atoms. The first-order chi connectivity index (χ1) is 17.1. The second-order valence-electron chi connectivity index (χ2n) is 8.94. The zero-order valence-corrected chi connectivity index (χ0v) is 20.5. The smallest absolute Gasteiger partial charge is 0.260 e. The Morgan fingerprint density at radius 1 is 0.943 bits per heavy atom. The average Bonchev–Trinajstić information content (AvgIpc) is 2.92. The van der Waals surface area contributed by atoms with Crippen LogP contribution in [0.25, 0.3) is 0 Å². The van der Waals surface area contributed by atoms with Gasteiger partial charge in [-0.25, -0.2) is 0 Å². The summed E-state index contributed by atoms with van der Waals surface area (Å²) in [5, 5.41) is 3.03. The van der Waals surface area contributed by atoms with Crippen molar-refractivity contribution in [2.45, 2.75) is 32.4 Å². The number of morpholine rings is 1. The Morgan fingerprint density at radius 2 is 1.69 bits per heavy atom. The third-order valence-corrected chi connectivity index (χ3v) is 6.54. The molecule has 2 heterocycles. The lowest BCUT2D eigenvalue weighted by atomic mass is 10.0. The highest BCUT2D eigenvalue weighted by molar-refractivity contribution is 5.94. The molecule has 2 aromatic carbocycles. The fourth-order valence-corrected chi connectivity index (χ4v) is 4.49. The first kappa shape index (κ1) is 25.0. The molecule has 2 aliphatic rings. The van der Waals surface area contributed by atoms with E-state index in [0.29, 0.717) is 49.9 Å². The van der Waals surface area contributed by atoms with E-state index < -0.39 is 0 Å². The van der Waals surface area contributed by atoms with E-state index in [0.717, 1.165) is 25.2 Å². The van der Waals surface area contributed by atoms with Crippen LogP contribution in [-0.4, -0.2) is 74.7 Å². The highest BCUT2D eigenvalue weighted by atomic mass is 16.5. The molecule has 0 unspecified atom stereocenters. The van der Waals surface area contributed by atoms with Crippen molar-refractivity contribution in [2.24, 2.45) is 0 Å². The summed E-state index contributed by atoms with van der Waals surface area (Å²) in [6, 6.07) is 13.3. The van der Waals surface area contributed by atoms with Crippen molar-refractivity contribution in [3.05, 3.63) is 59.2 Å². The molecule has 4 rings (SSSR count). The number of carbonyl (C=O) groups excluding carboxylic acids is 2. The molecule has 2 aliphatic heterocycles. The van der Waals surface area contributed by atoms with Crippen molar-refractivity contribution in [3.8, 4) is 11.5 Å². The fraction of sp³-hybridized carbons (Fsp3) is 0.481. The molecule has 0 spiro atoms. The van der Waals surface area contributed by atoms with Crippen LogP contribution in [-0.2, 0) is 22.6 Å². The summed E-state index contributed by atoms with van der Waals surface area (Å²) < 4.78 is 16.4. The summed E-state index contributed by atoms with van der Waals surface area (Å²) in [6.07, 6.45) is 3.81. The highest BCUT2D eigenvalue weighted by Crippen LogP contribution is 2.28. The van der Waals surface area contributed by atoms with Gasteiger partial charge in [-0.3, -0.25) is 14.5 Å². The summed E-state index contributed by atoms with van der Waals surface area (Å²) >= 11 is 0. The normalized spacial score (nSPS) is 16.5. The molecule has 0 aliphatic carbocycles. The van der Waals surface area contributed by atoms with Gasteiger partial charge in [-0.05, 0) is 55.3 Å². The maximum atomic E-state index is 12.9. The van der Waals surface area contributed by atoms with E-state index in [9.17, 15) is 9.59 Å². The van der Waals surface area contributed by atoms with Crippen LogP contribution in [0, 0.1) is 0 Å². The van der Waals surface area contributed by atoms with Crippen LogP contribution in [0.2, 0.25) is 0 Å². The first-order valence-electron chi connectivity index (χ1n) is 12.4. The highest BCUT2D eigenvalue weighted by Gasteiger charge is 2.19. The molecular weight excluding hydrogens is 446 g/mol. The summed E-state index contributed by atoms with van der Waals surface area (Å²) in [5.74, 6) is 0.558. The number of piperidine rings is 1. The number of likely N-dealkylation sites (tertiary alicyclic amines) is 1. The average molecular weight is 482 g/mol. The predicted molar refractivity (Wildman–Crippen MR) is 133 cm³/mol. The van der Waals surface area contributed by atoms with Gasteiger partial charge < -0.3 is 24.4 Å². The number of hydrogen-bond acceptors (Lipinski definition) is 6. The van der Waals surface area contributed by atoms with Crippen LogP contribution in [0.15, 0.2) is 42.5 Å². The van der Waals surface area contributed by atoms with E-state index in [-0.39, 0.29) is 18.4 Å². The third kappa shape index (κ3) is 6.96. The second-order valence-corrected chi connectivity index (χ2v) is 8.94. The number of hydrogen-bond donors (Lipinski definition) is 1. The molecule has 2 saturated heterocycles. The Balaban J connectivity index is 1.33. The van der Waals surface area contributed by atoms with Crippen molar-refractivity contribution < 1.29 is 23.8 Å². The zero-order chi connectivity index (χ0) is 24.5. The Kier molecular flexibility index (Phi) is 8.97. The van der Waals surface area contributed by atoms with Crippen molar-refractivity contribution in [2.75, 3.05) is 53.1 Å². The molecule has 2 aromatic rings. The standard InChI is InChI=1S/C27H35N3O5/c1-33-25-17-21(9-10-24(25)35-20-26(31)30-13-15-34-16-14-30)27(32)28-18-22-7-3-4-8-23(22)19-29-11-5-2-6-12-29/h3-4,7-10,17H,2,5-6,11-16,18-20H2,1H3,(H,28,32). The zero-order valence-electron chi connectivity index (χ0n) is 20.5. The molecule has 0 radical (unpaired) electrons. The quantitative estimate of drug-likeness (QED) is 0.593. The minimum atomic E-state index is -0.188. The molecule has 8 nitrogen and oxygen atoms in total. The van der Waals surface area contributed by atoms with Crippen molar-refractivity contribution in [1.29, 1.82) is 0 Å².